The van der Waals surface area contributed by atoms with Gasteiger partial charge in [-0.2, -0.15) is 0 Å². The molecule has 0 aliphatic carbocycles. The summed E-state index contributed by atoms with van der Waals surface area (Å²) in [5.74, 6) is 0.732. The number of sulfonamides is 1. The van der Waals surface area contributed by atoms with Crippen LogP contribution in [0.15, 0.2) is 23.4 Å². The number of nitrogens with two attached hydrogens (primary N) is 1. The van der Waals surface area contributed by atoms with E-state index in [1.165, 1.54) is 0 Å². The number of rotatable bonds is 3. The van der Waals surface area contributed by atoms with E-state index in [9.17, 15) is 8.42 Å². The summed E-state index contributed by atoms with van der Waals surface area (Å²) in [4.78, 5) is 4.16. The Bertz CT molecular complexity index is 659. The molecular formula is C11H15N3O2S. The van der Waals surface area contributed by atoms with Gasteiger partial charge in [-0.25, -0.2) is 18.5 Å². The number of hydrogen-bond acceptors (Lipinski definition) is 3. The highest BCUT2D eigenvalue weighted by Gasteiger charge is 2.20. The number of imidazole rings is 1. The second-order valence-corrected chi connectivity index (χ2v) is 5.51. The van der Waals surface area contributed by atoms with Crippen LogP contribution in [-0.2, 0) is 16.4 Å². The van der Waals surface area contributed by atoms with Crippen LogP contribution in [-0.4, -0.2) is 17.8 Å². The predicted molar refractivity (Wildman–Crippen MR) is 65.3 cm³/mol. The van der Waals surface area contributed by atoms with E-state index in [2.05, 4.69) is 4.98 Å². The number of nitrogens with zero attached hydrogens (tertiary/aromatic N) is 2. The first kappa shape index (κ1) is 12.1. The Morgan fingerprint density at radius 1 is 1.47 bits per heavy atom. The van der Waals surface area contributed by atoms with Gasteiger partial charge in [-0.15, -0.1) is 0 Å². The number of aryl methyl sites for hydroxylation is 2. The molecule has 6 heteroatoms. The molecule has 0 saturated carbocycles. The summed E-state index contributed by atoms with van der Waals surface area (Å²) in [6, 6.07) is 3.72. The maximum absolute atomic E-state index is 11.5. The Balaban J connectivity index is 2.86. The van der Waals surface area contributed by atoms with E-state index in [1.54, 1.807) is 4.40 Å². The summed E-state index contributed by atoms with van der Waals surface area (Å²) < 4.78 is 24.8. The lowest BCUT2D eigenvalue weighted by Gasteiger charge is -2.01. The van der Waals surface area contributed by atoms with Gasteiger partial charge in [-0.3, -0.25) is 0 Å². The van der Waals surface area contributed by atoms with Crippen molar-refractivity contribution in [2.75, 3.05) is 0 Å². The zero-order valence-electron chi connectivity index (χ0n) is 9.84. The third kappa shape index (κ3) is 2.05. The molecule has 2 N–H and O–H groups in total. The van der Waals surface area contributed by atoms with Crippen molar-refractivity contribution in [1.82, 2.24) is 9.38 Å². The zero-order chi connectivity index (χ0) is 12.6. The summed E-state index contributed by atoms with van der Waals surface area (Å²) in [6.07, 6.45) is 3.44. The second-order valence-electron chi connectivity index (χ2n) is 4.04. The number of aromatic nitrogens is 2. The fourth-order valence-electron chi connectivity index (χ4n) is 1.93. The van der Waals surface area contributed by atoms with Crippen LogP contribution in [0.2, 0.25) is 0 Å². The molecule has 0 unspecified atom stereocenters. The summed E-state index contributed by atoms with van der Waals surface area (Å²) in [5.41, 5.74) is 1.44. The number of pyridine rings is 1. The maximum Gasteiger partial charge on any atom is 0.257 e. The largest absolute Gasteiger partial charge is 0.302 e. The van der Waals surface area contributed by atoms with Crippen molar-refractivity contribution in [3.63, 3.8) is 0 Å². The van der Waals surface area contributed by atoms with Crippen molar-refractivity contribution in [2.24, 2.45) is 5.14 Å². The molecule has 0 amide bonds. The van der Waals surface area contributed by atoms with Crippen molar-refractivity contribution >= 4 is 15.5 Å². The van der Waals surface area contributed by atoms with Crippen LogP contribution >= 0.6 is 0 Å². The molecule has 0 spiro atoms. The van der Waals surface area contributed by atoms with Gasteiger partial charge in [-0.05, 0) is 25.0 Å². The van der Waals surface area contributed by atoms with E-state index < -0.39 is 10.0 Å². The predicted octanol–water partition coefficient (Wildman–Crippen LogP) is 1.24. The van der Waals surface area contributed by atoms with E-state index in [1.807, 2.05) is 32.2 Å². The lowest BCUT2D eigenvalue weighted by molar-refractivity contribution is 0.595. The Morgan fingerprint density at radius 3 is 2.76 bits per heavy atom. The van der Waals surface area contributed by atoms with Crippen LogP contribution in [0.5, 0.6) is 0 Å². The molecule has 2 heterocycles. The van der Waals surface area contributed by atoms with Gasteiger partial charge in [-0.1, -0.05) is 13.0 Å². The number of primary sulfonamides is 1. The fourth-order valence-corrected chi connectivity index (χ4v) is 2.69. The minimum absolute atomic E-state index is 0.0287. The lowest BCUT2D eigenvalue weighted by atomic mass is 10.2. The van der Waals surface area contributed by atoms with Crippen LogP contribution < -0.4 is 5.14 Å². The Labute approximate surface area is 100 Å². The van der Waals surface area contributed by atoms with Gasteiger partial charge in [0, 0.05) is 12.6 Å². The Kier molecular flexibility index (Phi) is 2.92. The standard InChI is InChI=1S/C11H15N3O2S/c1-3-5-9-13-11(17(12,15)16)10-8(2)6-4-7-14(9)10/h4,6-7H,3,5H2,1-2H3,(H2,12,15,16). The van der Waals surface area contributed by atoms with Gasteiger partial charge < -0.3 is 4.40 Å². The van der Waals surface area contributed by atoms with Gasteiger partial charge in [0.05, 0.1) is 5.52 Å². The second kappa shape index (κ2) is 4.12. The van der Waals surface area contributed by atoms with Gasteiger partial charge in [0.1, 0.15) is 5.82 Å². The Morgan fingerprint density at radius 2 is 2.18 bits per heavy atom. The first-order chi connectivity index (χ1) is 7.95. The highest BCUT2D eigenvalue weighted by atomic mass is 32.2. The molecule has 5 nitrogen and oxygen atoms in total. The molecule has 2 rings (SSSR count). The third-order valence-electron chi connectivity index (χ3n) is 2.65. The molecule has 0 bridgehead atoms. The fraction of sp³-hybridized carbons (Fsp3) is 0.364. The molecule has 2 aromatic heterocycles. The van der Waals surface area contributed by atoms with Crippen LogP contribution in [0.4, 0.5) is 0 Å². The molecule has 0 atom stereocenters. The SMILES string of the molecule is CCCc1nc(S(N)(=O)=O)c2c(C)cccn12. The first-order valence-corrected chi connectivity index (χ1v) is 6.99. The summed E-state index contributed by atoms with van der Waals surface area (Å²) in [6.45, 7) is 3.87. The topological polar surface area (TPSA) is 77.5 Å². The molecule has 0 radical (unpaired) electrons. The van der Waals surface area contributed by atoms with Crippen molar-refractivity contribution in [3.8, 4) is 0 Å². The van der Waals surface area contributed by atoms with Crippen LogP contribution in [0.25, 0.3) is 5.52 Å². The third-order valence-corrected chi connectivity index (χ3v) is 3.47. The zero-order valence-corrected chi connectivity index (χ0v) is 10.7. The van der Waals surface area contributed by atoms with E-state index in [0.29, 0.717) is 5.52 Å². The minimum Gasteiger partial charge on any atom is -0.302 e. The first-order valence-electron chi connectivity index (χ1n) is 5.44. The normalized spacial score (nSPS) is 12.2. The quantitative estimate of drug-likeness (QED) is 0.894. The molecule has 2 aromatic rings. The van der Waals surface area contributed by atoms with Crippen LogP contribution in [0.3, 0.4) is 0 Å². The Hall–Kier alpha value is -1.40. The summed E-state index contributed by atoms with van der Waals surface area (Å²) >= 11 is 0. The number of fused-ring (bicyclic) bond motifs is 1. The monoisotopic (exact) mass is 253 g/mol. The van der Waals surface area contributed by atoms with Gasteiger partial charge in [0.2, 0.25) is 0 Å². The van der Waals surface area contributed by atoms with Gasteiger partial charge >= 0.3 is 0 Å². The van der Waals surface area contributed by atoms with Crippen molar-refractivity contribution in [1.29, 1.82) is 0 Å². The smallest absolute Gasteiger partial charge is 0.257 e. The molecule has 92 valence electrons. The van der Waals surface area contributed by atoms with Gasteiger partial charge in [0.25, 0.3) is 10.0 Å². The van der Waals surface area contributed by atoms with E-state index >= 15 is 0 Å². The summed E-state index contributed by atoms with van der Waals surface area (Å²) in [7, 11) is -3.78. The molecule has 0 saturated heterocycles. The van der Waals surface area contributed by atoms with E-state index in [-0.39, 0.29) is 5.03 Å². The molecule has 0 aliphatic heterocycles. The molecule has 17 heavy (non-hydrogen) atoms. The summed E-state index contributed by atoms with van der Waals surface area (Å²) in [5, 5.41) is 5.17. The van der Waals surface area contributed by atoms with E-state index in [0.717, 1.165) is 24.2 Å². The minimum atomic E-state index is -3.78. The van der Waals surface area contributed by atoms with Crippen molar-refractivity contribution in [3.05, 3.63) is 29.7 Å². The lowest BCUT2D eigenvalue weighted by Crippen LogP contribution is -2.13. The number of hydrogen-bond donors (Lipinski definition) is 1. The highest BCUT2D eigenvalue weighted by molar-refractivity contribution is 7.89. The average molecular weight is 253 g/mol. The highest BCUT2D eigenvalue weighted by Crippen LogP contribution is 2.21. The van der Waals surface area contributed by atoms with Gasteiger partial charge in [0.15, 0.2) is 5.03 Å². The maximum atomic E-state index is 11.5. The molecule has 0 aromatic carbocycles. The van der Waals surface area contributed by atoms with Crippen molar-refractivity contribution < 1.29 is 8.42 Å². The van der Waals surface area contributed by atoms with E-state index in [4.69, 9.17) is 5.14 Å². The molecule has 0 fully saturated rings. The average Bonchev–Trinajstić information content (AvgIpc) is 2.59. The van der Waals surface area contributed by atoms with Crippen molar-refractivity contribution in [2.45, 2.75) is 31.7 Å². The van der Waals surface area contributed by atoms with Crippen LogP contribution in [0, 0.1) is 6.92 Å². The molecule has 0 aliphatic rings. The molecular weight excluding hydrogens is 238 g/mol. The van der Waals surface area contributed by atoms with Crippen LogP contribution in [0.1, 0.15) is 24.7 Å².